The maximum Gasteiger partial charge on any atom is 0.237 e. The normalized spacial score (nSPS) is 15.5. The molecule has 1 aliphatic rings. The van der Waals surface area contributed by atoms with Crippen LogP contribution in [0.4, 0.5) is 11.4 Å². The lowest BCUT2D eigenvalue weighted by Gasteiger charge is -2.21. The summed E-state index contributed by atoms with van der Waals surface area (Å²) in [6.07, 6.45) is 6.12. The molecular formula is C23H27ClN2O2S. The first-order valence-corrected chi connectivity index (χ1v) is 11.5. The van der Waals surface area contributed by atoms with Gasteiger partial charge in [0, 0.05) is 16.5 Å². The van der Waals surface area contributed by atoms with Crippen molar-refractivity contribution in [1.82, 2.24) is 0 Å². The molecule has 0 spiro atoms. The third kappa shape index (κ3) is 6.25. The van der Waals surface area contributed by atoms with Crippen LogP contribution in [0.2, 0.25) is 5.02 Å². The first kappa shape index (κ1) is 21.7. The van der Waals surface area contributed by atoms with Crippen LogP contribution in [0.3, 0.4) is 0 Å². The van der Waals surface area contributed by atoms with E-state index in [4.69, 9.17) is 11.6 Å². The lowest BCUT2D eigenvalue weighted by atomic mass is 9.88. The number of nitrogens with one attached hydrogen (secondary N) is 2. The minimum absolute atomic E-state index is 0.0813. The maximum absolute atomic E-state index is 12.7. The zero-order valence-corrected chi connectivity index (χ0v) is 18.2. The SMILES string of the molecule is CCC(Sc1cccc(NC(=O)C2CCCCC2)c1)C(=O)Nc1ccccc1Cl. The zero-order chi connectivity index (χ0) is 20.6. The van der Waals surface area contributed by atoms with Crippen LogP contribution in [0.5, 0.6) is 0 Å². The van der Waals surface area contributed by atoms with E-state index in [1.54, 1.807) is 12.1 Å². The number of halogens is 1. The molecule has 0 aromatic heterocycles. The van der Waals surface area contributed by atoms with Crippen LogP contribution in [0, 0.1) is 5.92 Å². The highest BCUT2D eigenvalue weighted by Crippen LogP contribution is 2.30. The maximum atomic E-state index is 12.7. The van der Waals surface area contributed by atoms with Crippen molar-refractivity contribution < 1.29 is 9.59 Å². The Kier molecular flexibility index (Phi) is 8.01. The van der Waals surface area contributed by atoms with E-state index < -0.39 is 0 Å². The lowest BCUT2D eigenvalue weighted by molar-refractivity contribution is -0.120. The number of thioether (sulfide) groups is 1. The van der Waals surface area contributed by atoms with Gasteiger partial charge in [0.1, 0.15) is 0 Å². The number of benzene rings is 2. The molecule has 1 aliphatic carbocycles. The van der Waals surface area contributed by atoms with Crippen molar-refractivity contribution in [2.75, 3.05) is 10.6 Å². The highest BCUT2D eigenvalue weighted by atomic mass is 35.5. The Bertz CT molecular complexity index is 852. The third-order valence-electron chi connectivity index (χ3n) is 5.15. The first-order valence-electron chi connectivity index (χ1n) is 10.2. The highest BCUT2D eigenvalue weighted by Gasteiger charge is 2.22. The first-order chi connectivity index (χ1) is 14.1. The van der Waals surface area contributed by atoms with Gasteiger partial charge in [0.05, 0.1) is 16.0 Å². The predicted octanol–water partition coefficient (Wildman–Crippen LogP) is 6.37. The van der Waals surface area contributed by atoms with Crippen LogP contribution in [-0.4, -0.2) is 17.1 Å². The summed E-state index contributed by atoms with van der Waals surface area (Å²) in [5, 5.41) is 6.23. The Morgan fingerprint density at radius 2 is 1.83 bits per heavy atom. The number of hydrogen-bond donors (Lipinski definition) is 2. The number of amides is 2. The molecule has 4 nitrogen and oxygen atoms in total. The molecule has 2 amide bonds. The summed E-state index contributed by atoms with van der Waals surface area (Å²) in [5.74, 6) is 0.141. The summed E-state index contributed by atoms with van der Waals surface area (Å²) < 4.78 is 0. The van der Waals surface area contributed by atoms with Crippen molar-refractivity contribution in [1.29, 1.82) is 0 Å². The van der Waals surface area contributed by atoms with E-state index in [0.717, 1.165) is 36.3 Å². The second-order valence-electron chi connectivity index (χ2n) is 7.34. The molecule has 0 aliphatic heterocycles. The fourth-order valence-electron chi connectivity index (χ4n) is 3.52. The number of rotatable bonds is 7. The fourth-order valence-corrected chi connectivity index (χ4v) is 4.71. The summed E-state index contributed by atoms with van der Waals surface area (Å²) in [6.45, 7) is 1.98. The van der Waals surface area contributed by atoms with Gasteiger partial charge in [-0.05, 0) is 49.6 Å². The molecule has 0 bridgehead atoms. The van der Waals surface area contributed by atoms with Crippen LogP contribution in [-0.2, 0) is 9.59 Å². The molecule has 1 atom stereocenters. The minimum Gasteiger partial charge on any atom is -0.326 e. The Hall–Kier alpha value is -1.98. The molecule has 6 heteroatoms. The van der Waals surface area contributed by atoms with Crippen molar-refractivity contribution in [2.45, 2.75) is 55.6 Å². The molecule has 0 radical (unpaired) electrons. The summed E-state index contributed by atoms with van der Waals surface area (Å²) >= 11 is 7.64. The van der Waals surface area contributed by atoms with Crippen LogP contribution >= 0.6 is 23.4 Å². The van der Waals surface area contributed by atoms with Gasteiger partial charge in [-0.1, -0.05) is 56.0 Å². The molecule has 2 aromatic rings. The van der Waals surface area contributed by atoms with Crippen molar-refractivity contribution in [3.05, 3.63) is 53.6 Å². The second kappa shape index (κ2) is 10.7. The Morgan fingerprint density at radius 1 is 1.07 bits per heavy atom. The number of carbonyl (C=O) groups excluding carboxylic acids is 2. The van der Waals surface area contributed by atoms with Crippen LogP contribution in [0.15, 0.2) is 53.4 Å². The molecule has 1 unspecified atom stereocenters. The Labute approximate surface area is 181 Å². The van der Waals surface area contributed by atoms with Gasteiger partial charge in [-0.3, -0.25) is 9.59 Å². The second-order valence-corrected chi connectivity index (χ2v) is 9.02. The van der Waals surface area contributed by atoms with Crippen LogP contribution in [0.1, 0.15) is 45.4 Å². The molecular weight excluding hydrogens is 404 g/mol. The van der Waals surface area contributed by atoms with Gasteiger partial charge in [-0.25, -0.2) is 0 Å². The van der Waals surface area contributed by atoms with Crippen molar-refractivity contribution in [2.24, 2.45) is 5.92 Å². The topological polar surface area (TPSA) is 58.2 Å². The largest absolute Gasteiger partial charge is 0.326 e. The Morgan fingerprint density at radius 3 is 2.55 bits per heavy atom. The molecule has 2 N–H and O–H groups in total. The monoisotopic (exact) mass is 430 g/mol. The average Bonchev–Trinajstić information content (AvgIpc) is 2.74. The molecule has 0 heterocycles. The van der Waals surface area contributed by atoms with Gasteiger partial charge in [-0.2, -0.15) is 0 Å². The van der Waals surface area contributed by atoms with Crippen molar-refractivity contribution >= 4 is 46.6 Å². The van der Waals surface area contributed by atoms with Crippen molar-refractivity contribution in [3.8, 4) is 0 Å². The van der Waals surface area contributed by atoms with Gasteiger partial charge in [0.15, 0.2) is 0 Å². The molecule has 0 saturated heterocycles. The lowest BCUT2D eigenvalue weighted by Crippen LogP contribution is -2.25. The summed E-state index contributed by atoms with van der Waals surface area (Å²) in [4.78, 5) is 26.2. The van der Waals surface area contributed by atoms with Gasteiger partial charge in [0.2, 0.25) is 11.8 Å². The van der Waals surface area contributed by atoms with Crippen LogP contribution in [0.25, 0.3) is 0 Å². The smallest absolute Gasteiger partial charge is 0.237 e. The van der Waals surface area contributed by atoms with Gasteiger partial charge in [0.25, 0.3) is 0 Å². The molecule has 154 valence electrons. The quantitative estimate of drug-likeness (QED) is 0.502. The van der Waals surface area contributed by atoms with E-state index in [2.05, 4.69) is 10.6 Å². The number of hydrogen-bond acceptors (Lipinski definition) is 3. The molecule has 1 saturated carbocycles. The summed E-state index contributed by atoms with van der Waals surface area (Å²) in [6, 6.07) is 14.9. The third-order valence-corrected chi connectivity index (χ3v) is 6.84. The fraction of sp³-hybridized carbons (Fsp3) is 0.391. The highest BCUT2D eigenvalue weighted by molar-refractivity contribution is 8.00. The van der Waals surface area contributed by atoms with E-state index in [-0.39, 0.29) is 23.0 Å². The van der Waals surface area contributed by atoms with E-state index in [0.29, 0.717) is 17.1 Å². The summed E-state index contributed by atoms with van der Waals surface area (Å²) in [5.41, 5.74) is 1.40. The number of para-hydroxylation sites is 1. The van der Waals surface area contributed by atoms with Gasteiger partial charge in [-0.15, -0.1) is 11.8 Å². The molecule has 2 aromatic carbocycles. The van der Waals surface area contributed by atoms with Crippen LogP contribution < -0.4 is 10.6 Å². The Balaban J connectivity index is 1.62. The molecule has 29 heavy (non-hydrogen) atoms. The number of anilines is 2. The standard InChI is InChI=1S/C23H27ClN2O2S/c1-2-21(23(28)26-20-14-7-6-13-19(20)24)29-18-12-8-11-17(15-18)25-22(27)16-9-4-3-5-10-16/h6-8,11-16,21H,2-5,9-10H2,1H3,(H,25,27)(H,26,28). The van der Waals surface area contributed by atoms with E-state index in [1.807, 2.05) is 43.3 Å². The van der Waals surface area contributed by atoms with Gasteiger partial charge >= 0.3 is 0 Å². The molecule has 3 rings (SSSR count). The van der Waals surface area contributed by atoms with E-state index >= 15 is 0 Å². The van der Waals surface area contributed by atoms with Crippen molar-refractivity contribution in [3.63, 3.8) is 0 Å². The number of carbonyl (C=O) groups is 2. The van der Waals surface area contributed by atoms with E-state index in [9.17, 15) is 9.59 Å². The average molecular weight is 431 g/mol. The zero-order valence-electron chi connectivity index (χ0n) is 16.6. The van der Waals surface area contributed by atoms with E-state index in [1.165, 1.54) is 18.2 Å². The summed E-state index contributed by atoms with van der Waals surface area (Å²) in [7, 11) is 0. The van der Waals surface area contributed by atoms with Gasteiger partial charge < -0.3 is 10.6 Å². The molecule has 1 fully saturated rings. The minimum atomic E-state index is -0.254. The predicted molar refractivity (Wildman–Crippen MR) is 122 cm³/mol.